The third-order valence-electron chi connectivity index (χ3n) is 3.01. The van der Waals surface area contributed by atoms with Crippen LogP contribution in [0.3, 0.4) is 0 Å². The van der Waals surface area contributed by atoms with Crippen LogP contribution in [-0.4, -0.2) is 33.7 Å². The Morgan fingerprint density at radius 3 is 3.00 bits per heavy atom. The summed E-state index contributed by atoms with van der Waals surface area (Å²) < 4.78 is 13.1. The molecule has 0 aliphatic carbocycles. The second-order valence-corrected chi connectivity index (χ2v) is 6.82. The molecule has 17 heavy (non-hydrogen) atoms. The van der Waals surface area contributed by atoms with E-state index in [-0.39, 0.29) is 17.2 Å². The van der Waals surface area contributed by atoms with E-state index in [1.807, 2.05) is 30.4 Å². The van der Waals surface area contributed by atoms with Crippen LogP contribution in [0.25, 0.3) is 0 Å². The van der Waals surface area contributed by atoms with E-state index in [4.69, 9.17) is 0 Å². The van der Waals surface area contributed by atoms with Crippen molar-refractivity contribution in [1.29, 1.82) is 0 Å². The normalized spacial score (nSPS) is 22.4. The maximum atomic E-state index is 13.1. The highest BCUT2D eigenvalue weighted by Gasteiger charge is 2.23. The smallest absolute Gasteiger partial charge is 0.123 e. The van der Waals surface area contributed by atoms with Crippen LogP contribution >= 0.6 is 23.5 Å². The van der Waals surface area contributed by atoms with E-state index < -0.39 is 0 Å². The van der Waals surface area contributed by atoms with Gasteiger partial charge in [0.05, 0.1) is 6.10 Å². The highest BCUT2D eigenvalue weighted by atomic mass is 32.2. The molecule has 1 aliphatic heterocycles. The number of thioether (sulfide) groups is 2. The Bertz CT molecular complexity index is 378. The van der Waals surface area contributed by atoms with E-state index in [9.17, 15) is 9.50 Å². The third-order valence-corrected chi connectivity index (χ3v) is 5.92. The molecule has 0 saturated carbocycles. The van der Waals surface area contributed by atoms with Gasteiger partial charge in [-0.15, -0.1) is 0 Å². The van der Waals surface area contributed by atoms with Gasteiger partial charge < -0.3 is 5.11 Å². The first-order valence-electron chi connectivity index (χ1n) is 5.79. The molecule has 1 aromatic carbocycles. The van der Waals surface area contributed by atoms with Crippen molar-refractivity contribution in [3.8, 4) is 0 Å². The maximum absolute atomic E-state index is 13.1. The van der Waals surface area contributed by atoms with E-state index >= 15 is 0 Å². The van der Waals surface area contributed by atoms with Gasteiger partial charge in [-0.1, -0.05) is 6.07 Å². The molecule has 0 aromatic heterocycles. The van der Waals surface area contributed by atoms with Gasteiger partial charge in [0.25, 0.3) is 0 Å². The third kappa shape index (κ3) is 3.63. The number of hydrogen-bond acceptors (Lipinski definition) is 3. The van der Waals surface area contributed by atoms with Gasteiger partial charge in [-0.25, -0.2) is 4.39 Å². The quantitative estimate of drug-likeness (QED) is 0.913. The minimum absolute atomic E-state index is 0.219. The fourth-order valence-electron chi connectivity index (χ4n) is 1.94. The number of aliphatic hydroxyl groups excluding tert-OH is 1. The van der Waals surface area contributed by atoms with Crippen LogP contribution in [0.1, 0.15) is 11.1 Å². The molecule has 1 nitrogen and oxygen atoms in total. The molecule has 1 heterocycles. The second kappa shape index (κ2) is 6.12. The van der Waals surface area contributed by atoms with Crippen molar-refractivity contribution in [3.63, 3.8) is 0 Å². The van der Waals surface area contributed by atoms with Crippen LogP contribution < -0.4 is 0 Å². The van der Waals surface area contributed by atoms with E-state index in [1.54, 1.807) is 12.1 Å². The Labute approximate surface area is 110 Å². The predicted molar refractivity (Wildman–Crippen MR) is 74.4 cm³/mol. The zero-order valence-corrected chi connectivity index (χ0v) is 11.5. The zero-order chi connectivity index (χ0) is 12.3. The summed E-state index contributed by atoms with van der Waals surface area (Å²) in [6.07, 6.45) is 0.190. The largest absolute Gasteiger partial charge is 0.392 e. The number of rotatable bonds is 3. The van der Waals surface area contributed by atoms with E-state index in [1.165, 1.54) is 11.8 Å². The first kappa shape index (κ1) is 13.2. The van der Waals surface area contributed by atoms with Crippen LogP contribution in [0.5, 0.6) is 0 Å². The summed E-state index contributed by atoms with van der Waals surface area (Å²) in [6.45, 7) is 1.96. The van der Waals surface area contributed by atoms with Crippen molar-refractivity contribution in [2.75, 3.05) is 17.3 Å². The van der Waals surface area contributed by atoms with Crippen molar-refractivity contribution in [2.24, 2.45) is 0 Å². The molecule has 0 radical (unpaired) electrons. The zero-order valence-electron chi connectivity index (χ0n) is 9.86. The summed E-state index contributed by atoms with van der Waals surface area (Å²) in [5, 5.41) is 10.5. The first-order valence-corrected chi connectivity index (χ1v) is 7.99. The summed E-state index contributed by atoms with van der Waals surface area (Å²) >= 11 is 3.73. The van der Waals surface area contributed by atoms with Crippen LogP contribution in [0, 0.1) is 12.7 Å². The fourth-order valence-corrected chi connectivity index (χ4v) is 4.72. The summed E-state index contributed by atoms with van der Waals surface area (Å²) in [5.74, 6) is 3.06. The molecule has 1 aromatic rings. The van der Waals surface area contributed by atoms with Gasteiger partial charge in [0.1, 0.15) is 5.82 Å². The average molecular weight is 272 g/mol. The molecule has 4 heteroatoms. The first-order chi connectivity index (χ1) is 8.16. The number of halogens is 1. The predicted octanol–water partition coefficient (Wildman–Crippen LogP) is 2.89. The van der Waals surface area contributed by atoms with E-state index in [2.05, 4.69) is 0 Å². The SMILES string of the molecule is Cc1ccc(F)cc1CC(O)C1CSCCS1. The highest BCUT2D eigenvalue weighted by molar-refractivity contribution is 8.06. The van der Waals surface area contributed by atoms with Gasteiger partial charge in [0, 0.05) is 22.5 Å². The number of hydrogen-bond donors (Lipinski definition) is 1. The Balaban J connectivity index is 2.01. The van der Waals surface area contributed by atoms with E-state index in [0.717, 1.165) is 22.6 Å². The average Bonchev–Trinajstić information content (AvgIpc) is 2.35. The molecule has 94 valence electrons. The molecule has 2 unspecified atom stereocenters. The lowest BCUT2D eigenvalue weighted by Gasteiger charge is -2.26. The van der Waals surface area contributed by atoms with Crippen LogP contribution in [-0.2, 0) is 6.42 Å². The summed E-state index contributed by atoms with van der Waals surface area (Å²) in [6, 6.07) is 4.79. The second-order valence-electron chi connectivity index (χ2n) is 4.33. The molecule has 2 rings (SSSR count). The van der Waals surface area contributed by atoms with Gasteiger partial charge in [-0.05, 0) is 36.6 Å². The Morgan fingerprint density at radius 1 is 1.47 bits per heavy atom. The topological polar surface area (TPSA) is 20.2 Å². The number of aryl methyl sites for hydroxylation is 1. The van der Waals surface area contributed by atoms with Gasteiger partial charge in [-0.2, -0.15) is 23.5 Å². The van der Waals surface area contributed by atoms with Crippen molar-refractivity contribution in [3.05, 3.63) is 35.1 Å². The van der Waals surface area contributed by atoms with Gasteiger partial charge in [0.2, 0.25) is 0 Å². The Hall–Kier alpha value is -0.190. The minimum atomic E-state index is -0.367. The molecule has 1 aliphatic rings. The van der Waals surface area contributed by atoms with Crippen molar-refractivity contribution >= 4 is 23.5 Å². The summed E-state index contributed by atoms with van der Waals surface area (Å²) in [4.78, 5) is 0. The minimum Gasteiger partial charge on any atom is -0.392 e. The Morgan fingerprint density at radius 2 is 2.29 bits per heavy atom. The highest BCUT2D eigenvalue weighted by Crippen LogP contribution is 2.28. The summed E-state index contributed by atoms with van der Waals surface area (Å²) in [5.41, 5.74) is 1.98. The standard InChI is InChI=1S/C13H17FOS2/c1-9-2-3-11(14)6-10(9)7-12(15)13-8-16-4-5-17-13/h2-3,6,12-13,15H,4-5,7-8H2,1H3. The molecule has 0 bridgehead atoms. The van der Waals surface area contributed by atoms with E-state index in [0.29, 0.717) is 6.42 Å². The van der Waals surface area contributed by atoms with Crippen molar-refractivity contribution < 1.29 is 9.50 Å². The summed E-state index contributed by atoms with van der Waals surface area (Å²) in [7, 11) is 0. The molecule has 1 saturated heterocycles. The van der Waals surface area contributed by atoms with Gasteiger partial charge in [-0.3, -0.25) is 0 Å². The Kier molecular flexibility index (Phi) is 4.77. The molecule has 0 amide bonds. The number of aliphatic hydroxyl groups is 1. The monoisotopic (exact) mass is 272 g/mol. The van der Waals surface area contributed by atoms with Gasteiger partial charge >= 0.3 is 0 Å². The molecular formula is C13H17FOS2. The lowest BCUT2D eigenvalue weighted by atomic mass is 10.0. The molecule has 2 atom stereocenters. The van der Waals surface area contributed by atoms with Crippen molar-refractivity contribution in [1.82, 2.24) is 0 Å². The number of benzene rings is 1. The molecular weight excluding hydrogens is 255 g/mol. The van der Waals surface area contributed by atoms with Crippen LogP contribution in [0.15, 0.2) is 18.2 Å². The van der Waals surface area contributed by atoms with Gasteiger partial charge in [0.15, 0.2) is 0 Å². The molecule has 1 fully saturated rings. The van der Waals surface area contributed by atoms with Crippen molar-refractivity contribution in [2.45, 2.75) is 24.7 Å². The fraction of sp³-hybridized carbons (Fsp3) is 0.538. The lowest BCUT2D eigenvalue weighted by molar-refractivity contribution is 0.177. The lowest BCUT2D eigenvalue weighted by Crippen LogP contribution is -2.30. The van der Waals surface area contributed by atoms with Crippen LogP contribution in [0.4, 0.5) is 4.39 Å². The maximum Gasteiger partial charge on any atom is 0.123 e. The molecule has 1 N–H and O–H groups in total. The molecule has 0 spiro atoms. The van der Waals surface area contributed by atoms with Crippen LogP contribution in [0.2, 0.25) is 0 Å².